The van der Waals surface area contributed by atoms with E-state index in [0.29, 0.717) is 22.7 Å². The van der Waals surface area contributed by atoms with Crippen LogP contribution in [0.15, 0.2) is 67.0 Å². The van der Waals surface area contributed by atoms with Crippen molar-refractivity contribution in [3.05, 3.63) is 89.7 Å². The van der Waals surface area contributed by atoms with E-state index < -0.39 is 0 Å². The van der Waals surface area contributed by atoms with Crippen molar-refractivity contribution in [3.63, 3.8) is 0 Å². The normalized spacial score (nSPS) is 11.7. The minimum Gasteiger partial charge on any atom is -0.506 e. The number of para-hydroxylation sites is 1. The van der Waals surface area contributed by atoms with E-state index in [2.05, 4.69) is 90.5 Å². The Bertz CT molecular complexity index is 1840. The molecule has 0 aliphatic rings. The van der Waals surface area contributed by atoms with Crippen LogP contribution in [0.25, 0.3) is 38.7 Å². The Morgan fingerprint density at radius 3 is 2.45 bits per heavy atom. The van der Waals surface area contributed by atoms with Gasteiger partial charge in [-0.05, 0) is 53.5 Å². The fourth-order valence-corrected chi connectivity index (χ4v) is 4.90. The second-order valence-electron chi connectivity index (χ2n) is 10.5. The van der Waals surface area contributed by atoms with Crippen LogP contribution in [0.5, 0.6) is 17.4 Å². The van der Waals surface area contributed by atoms with Crippen molar-refractivity contribution in [2.75, 3.05) is 0 Å². The van der Waals surface area contributed by atoms with Gasteiger partial charge in [0.1, 0.15) is 17.1 Å². The van der Waals surface area contributed by atoms with Crippen LogP contribution in [0, 0.1) is 19.9 Å². The molecule has 6 nitrogen and oxygen atoms in total. The van der Waals surface area contributed by atoms with Gasteiger partial charge in [0, 0.05) is 56.9 Å². The number of aryl methyl sites for hydroxylation is 2. The maximum Gasteiger partial charge on any atom is 0.217 e. The molecular weight excluding hydrogens is 655 g/mol. The number of fused-ring (bicyclic) bond motifs is 4. The number of pyridine rings is 3. The summed E-state index contributed by atoms with van der Waals surface area (Å²) < 4.78 is 8.43. The summed E-state index contributed by atoms with van der Waals surface area (Å²) in [5.74, 6) is 1.81. The van der Waals surface area contributed by atoms with Gasteiger partial charge in [-0.15, -0.1) is 17.5 Å². The number of nitrogens with zero attached hydrogens (tertiary/aromatic N) is 4. The molecule has 0 spiro atoms. The zero-order chi connectivity index (χ0) is 25.9. The van der Waals surface area contributed by atoms with Crippen LogP contribution >= 0.6 is 0 Å². The van der Waals surface area contributed by atoms with Crippen LogP contribution in [-0.2, 0) is 26.5 Å². The van der Waals surface area contributed by atoms with Crippen molar-refractivity contribution in [2.45, 2.75) is 40.0 Å². The molecule has 0 fully saturated rings. The van der Waals surface area contributed by atoms with Crippen LogP contribution < -0.4 is 4.74 Å². The summed E-state index contributed by atoms with van der Waals surface area (Å²) >= 11 is 0. The molecule has 4 heterocycles. The number of aromatic hydroxyl groups is 1. The number of hydrogen-bond donors (Lipinski definition) is 1. The predicted molar refractivity (Wildman–Crippen MR) is 147 cm³/mol. The van der Waals surface area contributed by atoms with E-state index in [1.807, 2.05) is 24.4 Å². The van der Waals surface area contributed by atoms with E-state index in [1.165, 1.54) is 0 Å². The van der Waals surface area contributed by atoms with Gasteiger partial charge in [0.05, 0.1) is 5.52 Å². The molecule has 2 aromatic carbocycles. The zero-order valence-electron chi connectivity index (χ0n) is 21.8. The number of benzene rings is 2. The van der Waals surface area contributed by atoms with Crippen molar-refractivity contribution < 1.29 is 30.9 Å². The molecule has 0 radical (unpaired) electrons. The molecule has 0 saturated heterocycles. The molecule has 0 aliphatic carbocycles. The van der Waals surface area contributed by atoms with E-state index in [9.17, 15) is 5.11 Å². The van der Waals surface area contributed by atoms with Crippen LogP contribution in [-0.4, -0.2) is 24.6 Å². The smallest absolute Gasteiger partial charge is 0.217 e. The second-order valence-corrected chi connectivity index (χ2v) is 10.5. The Kier molecular flexibility index (Phi) is 6.48. The van der Waals surface area contributed by atoms with E-state index >= 15 is 0 Å². The molecule has 6 aromatic rings. The maximum absolute atomic E-state index is 10.5. The van der Waals surface area contributed by atoms with E-state index in [-0.39, 0.29) is 32.2 Å². The SMILES string of the molecule is Cc1ccnc(-n2c3[c-]c(Oc4cc(C(C)(C)C)c5nccc(O)c5n4)ccc3c3cccc(C)c32)c1.[Pt]. The number of hydrogen-bond acceptors (Lipinski definition) is 5. The van der Waals surface area contributed by atoms with Gasteiger partial charge in [-0.2, -0.15) is 6.07 Å². The molecule has 0 atom stereocenters. The summed E-state index contributed by atoms with van der Waals surface area (Å²) in [6.45, 7) is 10.5. The van der Waals surface area contributed by atoms with Gasteiger partial charge in [0.2, 0.25) is 5.88 Å². The minimum atomic E-state index is -0.228. The zero-order valence-corrected chi connectivity index (χ0v) is 24.1. The van der Waals surface area contributed by atoms with Crippen LogP contribution in [0.1, 0.15) is 37.5 Å². The van der Waals surface area contributed by atoms with Crippen molar-refractivity contribution in [1.82, 2.24) is 19.5 Å². The summed E-state index contributed by atoms with van der Waals surface area (Å²) in [6, 6.07) is 21.3. The molecule has 6 rings (SSSR count). The first-order valence-corrected chi connectivity index (χ1v) is 12.3. The van der Waals surface area contributed by atoms with Crippen LogP contribution in [0.3, 0.4) is 0 Å². The maximum atomic E-state index is 10.5. The Labute approximate surface area is 235 Å². The summed E-state index contributed by atoms with van der Waals surface area (Å²) in [4.78, 5) is 13.8. The van der Waals surface area contributed by atoms with Gasteiger partial charge in [0.15, 0.2) is 0 Å². The van der Waals surface area contributed by atoms with Gasteiger partial charge < -0.3 is 14.4 Å². The third-order valence-corrected chi connectivity index (χ3v) is 6.67. The molecule has 0 unspecified atom stereocenters. The predicted octanol–water partition coefficient (Wildman–Crippen LogP) is 7.33. The molecule has 0 amide bonds. The summed E-state index contributed by atoms with van der Waals surface area (Å²) in [5.41, 5.74) is 6.05. The summed E-state index contributed by atoms with van der Waals surface area (Å²) in [6.07, 6.45) is 3.42. The molecule has 7 heteroatoms. The summed E-state index contributed by atoms with van der Waals surface area (Å²) in [5, 5.41) is 12.7. The topological polar surface area (TPSA) is 73.1 Å². The van der Waals surface area contributed by atoms with Gasteiger partial charge in [-0.3, -0.25) is 4.98 Å². The van der Waals surface area contributed by atoms with E-state index in [4.69, 9.17) is 4.74 Å². The number of ether oxygens (including phenoxy) is 1. The van der Waals surface area contributed by atoms with E-state index in [1.54, 1.807) is 12.3 Å². The minimum absolute atomic E-state index is 0. The van der Waals surface area contributed by atoms with E-state index in [0.717, 1.165) is 44.3 Å². The molecule has 38 heavy (non-hydrogen) atoms. The standard InChI is InChI=1S/C31H27N4O2.Pt/c1-18-11-13-32-26(15-18)35-24-16-20(9-10-21(24)22-8-6-7-19(2)30(22)35)37-27-17-23(31(3,4)5)28-29(34-27)25(36)12-14-33-28;/h6-15,17H,1-5H3,(H,33,36);/q-1;. The Morgan fingerprint density at radius 1 is 0.895 bits per heavy atom. The number of aromatic nitrogens is 4. The number of rotatable bonds is 3. The van der Waals surface area contributed by atoms with Crippen molar-refractivity contribution in [2.24, 2.45) is 0 Å². The molecule has 0 bridgehead atoms. The Morgan fingerprint density at radius 2 is 1.68 bits per heavy atom. The monoisotopic (exact) mass is 682 g/mol. The van der Waals surface area contributed by atoms with Gasteiger partial charge in [-0.1, -0.05) is 44.5 Å². The quantitative estimate of drug-likeness (QED) is 0.198. The average molecular weight is 683 g/mol. The van der Waals surface area contributed by atoms with Crippen LogP contribution in [0.2, 0.25) is 0 Å². The molecule has 0 aliphatic heterocycles. The average Bonchev–Trinajstić information content (AvgIpc) is 3.18. The first-order valence-electron chi connectivity index (χ1n) is 12.3. The van der Waals surface area contributed by atoms with Crippen molar-refractivity contribution >= 4 is 32.8 Å². The van der Waals surface area contributed by atoms with Crippen LogP contribution in [0.4, 0.5) is 0 Å². The molecule has 0 saturated carbocycles. The van der Waals surface area contributed by atoms with Crippen molar-refractivity contribution in [1.29, 1.82) is 0 Å². The fourth-order valence-electron chi connectivity index (χ4n) is 4.90. The molecular formula is C31H27N4O2Pt-. The summed E-state index contributed by atoms with van der Waals surface area (Å²) in [7, 11) is 0. The Balaban J connectivity index is 0.00000294. The largest absolute Gasteiger partial charge is 0.506 e. The first kappa shape index (κ1) is 25.9. The molecule has 194 valence electrons. The second kappa shape index (κ2) is 9.52. The third kappa shape index (κ3) is 4.33. The molecule has 1 N–H and O–H groups in total. The third-order valence-electron chi connectivity index (χ3n) is 6.67. The first-order chi connectivity index (χ1) is 17.7. The van der Waals surface area contributed by atoms with Crippen molar-refractivity contribution in [3.8, 4) is 23.2 Å². The van der Waals surface area contributed by atoms with Gasteiger partial charge in [0.25, 0.3) is 0 Å². The fraction of sp³-hybridized carbons (Fsp3) is 0.194. The molecule has 4 aromatic heterocycles. The Hall–Kier alpha value is -3.76. The van der Waals surface area contributed by atoms with Gasteiger partial charge in [-0.25, -0.2) is 9.97 Å². The van der Waals surface area contributed by atoms with Gasteiger partial charge >= 0.3 is 0 Å².